The van der Waals surface area contributed by atoms with E-state index in [9.17, 15) is 0 Å². The van der Waals surface area contributed by atoms with Crippen LogP contribution in [0.5, 0.6) is 23.0 Å². The largest absolute Gasteiger partial charge is 0.490 e. The first kappa shape index (κ1) is 22.3. The van der Waals surface area contributed by atoms with Crippen LogP contribution in [-0.2, 0) is 4.12 Å². The van der Waals surface area contributed by atoms with E-state index in [4.69, 9.17) is 33.6 Å². The quantitative estimate of drug-likeness (QED) is 0.410. The third kappa shape index (κ3) is 7.16. The summed E-state index contributed by atoms with van der Waals surface area (Å²) in [7, 11) is -4.39. The van der Waals surface area contributed by atoms with E-state index in [-0.39, 0.29) is 0 Å². The van der Waals surface area contributed by atoms with E-state index in [0.717, 1.165) is 0 Å². The molecule has 0 aliphatic carbocycles. The predicted molar refractivity (Wildman–Crippen MR) is 112 cm³/mol. The summed E-state index contributed by atoms with van der Waals surface area (Å²) in [5, 5.41) is 17.6. The van der Waals surface area contributed by atoms with E-state index in [2.05, 4.69) is 19.6 Å². The van der Waals surface area contributed by atoms with Crippen molar-refractivity contribution in [2.45, 2.75) is 26.2 Å². The van der Waals surface area contributed by atoms with Gasteiger partial charge in [0.05, 0.1) is 0 Å². The van der Waals surface area contributed by atoms with E-state index in [0.29, 0.717) is 35.5 Å². The minimum Gasteiger partial charge on any atom is -0.490 e. The second-order valence-corrected chi connectivity index (χ2v) is 16.0. The van der Waals surface area contributed by atoms with Gasteiger partial charge in [0.2, 0.25) is 0 Å². The highest BCUT2D eigenvalue weighted by molar-refractivity contribution is 6.84. The molecule has 0 radical (unpaired) electrons. The molecular weight excluding hydrogens is 404 g/mol. The van der Waals surface area contributed by atoms with Crippen LogP contribution in [0.3, 0.4) is 0 Å². The van der Waals surface area contributed by atoms with Crippen molar-refractivity contribution in [2.75, 3.05) is 12.5 Å². The molecule has 0 fully saturated rings. The highest BCUT2D eigenvalue weighted by Gasteiger charge is 2.37. The molecule has 0 amide bonds. The third-order valence-corrected chi connectivity index (χ3v) is 9.56. The number of ether oxygens (including phenoxy) is 4. The van der Waals surface area contributed by atoms with Crippen molar-refractivity contribution in [3.63, 3.8) is 0 Å². The fourth-order valence-corrected chi connectivity index (χ4v) is 10.1. The van der Waals surface area contributed by atoms with Crippen LogP contribution in [0, 0.1) is 23.0 Å². The van der Waals surface area contributed by atoms with Crippen LogP contribution in [0.15, 0.2) is 48.5 Å². The molecule has 0 aliphatic heterocycles. The molecule has 0 saturated heterocycles. The molecule has 152 valence electrons. The van der Waals surface area contributed by atoms with Crippen molar-refractivity contribution in [1.29, 1.82) is 10.5 Å². The first-order valence-corrected chi connectivity index (χ1v) is 15.3. The average Bonchev–Trinajstić information content (AvgIpc) is 2.66. The van der Waals surface area contributed by atoms with E-state index in [1.54, 1.807) is 48.9 Å². The van der Waals surface area contributed by atoms with Crippen LogP contribution >= 0.6 is 0 Å². The van der Waals surface area contributed by atoms with Gasteiger partial charge in [0.1, 0.15) is 12.5 Å². The number of hydrogen-bond acceptors (Lipinski definition) is 7. The Morgan fingerprint density at radius 3 is 1.41 bits per heavy atom. The summed E-state index contributed by atoms with van der Waals surface area (Å²) in [6, 6.07) is 14.0. The first-order valence-electron chi connectivity index (χ1n) is 9.02. The van der Waals surface area contributed by atoms with Gasteiger partial charge in [0, 0.05) is 0 Å². The lowest BCUT2D eigenvalue weighted by atomic mass is 10.3. The van der Waals surface area contributed by atoms with Gasteiger partial charge < -0.3 is 23.1 Å². The van der Waals surface area contributed by atoms with Crippen LogP contribution in [0.2, 0.25) is 26.2 Å². The van der Waals surface area contributed by atoms with Crippen molar-refractivity contribution in [2.24, 2.45) is 0 Å². The maximum Gasteiger partial charge on any atom is 0.292 e. The van der Waals surface area contributed by atoms with Gasteiger partial charge in [-0.05, 0) is 50.5 Å². The zero-order chi connectivity index (χ0) is 21.3. The molecule has 2 aromatic carbocycles. The molecule has 0 saturated carbocycles. The molecular formula is C20H24N2O5Si2. The van der Waals surface area contributed by atoms with Crippen molar-refractivity contribution < 1.29 is 23.1 Å². The van der Waals surface area contributed by atoms with Crippen LogP contribution < -0.4 is 18.9 Å². The summed E-state index contributed by atoms with van der Waals surface area (Å²) in [6.45, 7) is 8.36. The molecule has 0 atom stereocenters. The van der Waals surface area contributed by atoms with Gasteiger partial charge in [0.15, 0.2) is 31.3 Å². The predicted octanol–water partition coefficient (Wildman–Crippen LogP) is 4.37. The van der Waals surface area contributed by atoms with Gasteiger partial charge in [-0.3, -0.25) is 0 Å². The van der Waals surface area contributed by atoms with Crippen molar-refractivity contribution in [3.8, 4) is 35.5 Å². The Bertz CT molecular complexity index is 839. The highest BCUT2D eigenvalue weighted by atomic mass is 28.4. The molecule has 2 aromatic rings. The molecule has 0 N–H and O–H groups in total. The Kier molecular flexibility index (Phi) is 7.68. The number of nitrogens with zero attached hydrogens (tertiary/aromatic N) is 2. The molecule has 0 bridgehead atoms. The lowest BCUT2D eigenvalue weighted by Gasteiger charge is -2.34. The molecule has 0 heterocycles. The standard InChI is InChI=1S/C20H24N2O5Si2/c1-28(2,3)27-29(4,15-25-19-11-7-5-9-17(19)23-13-21)16-26-20-12-8-6-10-18(20)24-14-22/h5-12H,15-16H2,1-4H3. The van der Waals surface area contributed by atoms with Crippen molar-refractivity contribution >= 4 is 16.6 Å². The molecule has 0 aliphatic rings. The molecule has 29 heavy (non-hydrogen) atoms. The first-order chi connectivity index (χ1) is 13.8. The normalized spacial score (nSPS) is 11.1. The molecule has 2 rings (SSSR count). The summed E-state index contributed by atoms with van der Waals surface area (Å²) >= 11 is 0. The van der Waals surface area contributed by atoms with E-state index in [1.807, 2.05) is 18.7 Å². The summed E-state index contributed by atoms with van der Waals surface area (Å²) in [4.78, 5) is 0. The zero-order valence-electron chi connectivity index (χ0n) is 17.0. The second kappa shape index (κ2) is 9.98. The molecule has 7 nitrogen and oxygen atoms in total. The zero-order valence-corrected chi connectivity index (χ0v) is 19.0. The van der Waals surface area contributed by atoms with E-state index < -0.39 is 16.6 Å². The Labute approximate surface area is 173 Å². The van der Waals surface area contributed by atoms with Gasteiger partial charge >= 0.3 is 0 Å². The van der Waals surface area contributed by atoms with Gasteiger partial charge in [-0.15, -0.1) is 10.5 Å². The van der Waals surface area contributed by atoms with Crippen LogP contribution in [0.25, 0.3) is 0 Å². The number of rotatable bonds is 10. The molecule has 0 spiro atoms. The minimum atomic E-state index is -2.50. The lowest BCUT2D eigenvalue weighted by Crippen LogP contribution is -2.54. The number of para-hydroxylation sites is 4. The van der Waals surface area contributed by atoms with Crippen LogP contribution in [0.1, 0.15) is 0 Å². The van der Waals surface area contributed by atoms with Crippen molar-refractivity contribution in [3.05, 3.63) is 48.5 Å². The average molecular weight is 429 g/mol. The topological polar surface area (TPSA) is 93.7 Å². The smallest absolute Gasteiger partial charge is 0.292 e. The Balaban J connectivity index is 2.17. The summed E-state index contributed by atoms with van der Waals surface area (Å²) < 4.78 is 28.4. The Morgan fingerprint density at radius 1 is 0.690 bits per heavy atom. The van der Waals surface area contributed by atoms with E-state index >= 15 is 0 Å². The maximum absolute atomic E-state index is 8.81. The molecule has 0 aromatic heterocycles. The van der Waals surface area contributed by atoms with Gasteiger partial charge in [0.25, 0.3) is 20.8 Å². The molecule has 9 heteroatoms. The van der Waals surface area contributed by atoms with Crippen molar-refractivity contribution in [1.82, 2.24) is 0 Å². The highest BCUT2D eigenvalue weighted by Crippen LogP contribution is 2.29. The second-order valence-electron chi connectivity index (χ2n) is 7.52. The maximum atomic E-state index is 8.81. The van der Waals surface area contributed by atoms with Crippen LogP contribution in [0.4, 0.5) is 0 Å². The summed E-state index contributed by atoms with van der Waals surface area (Å²) in [5.74, 6) is 1.65. The number of hydrogen-bond donors (Lipinski definition) is 0. The van der Waals surface area contributed by atoms with Crippen LogP contribution in [-0.4, -0.2) is 29.1 Å². The fraction of sp³-hybridized carbons (Fsp3) is 0.300. The molecule has 0 unspecified atom stereocenters. The van der Waals surface area contributed by atoms with Gasteiger partial charge in [-0.25, -0.2) is 0 Å². The third-order valence-electron chi connectivity index (χ3n) is 3.63. The van der Waals surface area contributed by atoms with Gasteiger partial charge in [-0.1, -0.05) is 24.3 Å². The summed E-state index contributed by atoms with van der Waals surface area (Å²) in [5.41, 5.74) is 0. The van der Waals surface area contributed by atoms with E-state index in [1.165, 1.54) is 0 Å². The fourth-order valence-electron chi connectivity index (χ4n) is 2.71. The SMILES string of the molecule is C[Si](C)(C)O[Si](C)(COc1ccccc1OC#N)COc1ccccc1OC#N. The number of nitriles is 2. The summed E-state index contributed by atoms with van der Waals surface area (Å²) in [6.07, 6.45) is 3.95. The Morgan fingerprint density at radius 2 is 1.07 bits per heavy atom. The van der Waals surface area contributed by atoms with Gasteiger partial charge in [-0.2, -0.15) is 0 Å². The Hall–Kier alpha value is -2.99. The lowest BCUT2D eigenvalue weighted by molar-refractivity contribution is 0.295. The minimum absolute atomic E-state index is 0.310. The monoisotopic (exact) mass is 428 g/mol. The number of benzene rings is 2.